The Morgan fingerprint density at radius 2 is 2.21 bits per heavy atom. The average Bonchev–Trinajstić information content (AvgIpc) is 2.38. The second-order valence-electron chi connectivity index (χ2n) is 4.24. The fourth-order valence-electron chi connectivity index (χ4n) is 1.89. The SMILES string of the molecule is CN(Cc1cccc(F)c1)c1cnccc1C(N)=S. The van der Waals surface area contributed by atoms with Crippen molar-refractivity contribution in [2.24, 2.45) is 5.73 Å². The highest BCUT2D eigenvalue weighted by atomic mass is 32.1. The minimum atomic E-state index is -0.244. The van der Waals surface area contributed by atoms with Crippen molar-refractivity contribution < 1.29 is 4.39 Å². The zero-order valence-electron chi connectivity index (χ0n) is 10.5. The second-order valence-corrected chi connectivity index (χ2v) is 4.68. The maximum Gasteiger partial charge on any atom is 0.123 e. The predicted molar refractivity (Wildman–Crippen MR) is 78.6 cm³/mol. The van der Waals surface area contributed by atoms with Crippen LogP contribution in [0.4, 0.5) is 10.1 Å². The van der Waals surface area contributed by atoms with Crippen LogP contribution in [-0.2, 0) is 6.54 Å². The Hall–Kier alpha value is -2.01. The molecule has 98 valence electrons. The first-order valence-corrected chi connectivity index (χ1v) is 6.18. The molecule has 0 fully saturated rings. The number of benzene rings is 1. The topological polar surface area (TPSA) is 42.2 Å². The first-order valence-electron chi connectivity index (χ1n) is 5.77. The number of halogens is 1. The molecule has 1 aromatic heterocycles. The van der Waals surface area contributed by atoms with Gasteiger partial charge in [0, 0.05) is 25.4 Å². The van der Waals surface area contributed by atoms with Crippen LogP contribution in [0.15, 0.2) is 42.7 Å². The van der Waals surface area contributed by atoms with E-state index in [4.69, 9.17) is 18.0 Å². The van der Waals surface area contributed by atoms with Gasteiger partial charge in [-0.25, -0.2) is 4.39 Å². The summed E-state index contributed by atoms with van der Waals surface area (Å²) in [5.74, 6) is -0.244. The largest absolute Gasteiger partial charge is 0.389 e. The quantitative estimate of drug-likeness (QED) is 0.871. The monoisotopic (exact) mass is 275 g/mol. The summed E-state index contributed by atoms with van der Waals surface area (Å²) in [7, 11) is 1.89. The van der Waals surface area contributed by atoms with Crippen LogP contribution in [-0.4, -0.2) is 17.0 Å². The molecule has 5 heteroatoms. The van der Waals surface area contributed by atoms with Gasteiger partial charge < -0.3 is 10.6 Å². The van der Waals surface area contributed by atoms with Crippen molar-refractivity contribution in [2.75, 3.05) is 11.9 Å². The molecule has 2 N–H and O–H groups in total. The fourth-order valence-corrected chi connectivity index (χ4v) is 2.07. The molecule has 0 saturated heterocycles. The Kier molecular flexibility index (Phi) is 4.06. The summed E-state index contributed by atoms with van der Waals surface area (Å²) in [5.41, 5.74) is 8.16. The van der Waals surface area contributed by atoms with E-state index in [9.17, 15) is 4.39 Å². The van der Waals surface area contributed by atoms with Crippen LogP contribution in [0.2, 0.25) is 0 Å². The van der Waals surface area contributed by atoms with E-state index >= 15 is 0 Å². The van der Waals surface area contributed by atoms with Crippen molar-refractivity contribution in [3.05, 3.63) is 59.7 Å². The van der Waals surface area contributed by atoms with Crippen molar-refractivity contribution in [1.82, 2.24) is 4.98 Å². The van der Waals surface area contributed by atoms with Crippen LogP contribution in [0.5, 0.6) is 0 Å². The van der Waals surface area contributed by atoms with Gasteiger partial charge in [-0.05, 0) is 23.8 Å². The average molecular weight is 275 g/mol. The van der Waals surface area contributed by atoms with Crippen LogP contribution in [0.25, 0.3) is 0 Å². The van der Waals surface area contributed by atoms with E-state index in [0.717, 1.165) is 16.8 Å². The first kappa shape index (κ1) is 13.4. The lowest BCUT2D eigenvalue weighted by atomic mass is 10.1. The highest BCUT2D eigenvalue weighted by Gasteiger charge is 2.10. The number of nitrogens with zero attached hydrogens (tertiary/aromatic N) is 2. The molecule has 0 unspecified atom stereocenters. The third-order valence-corrected chi connectivity index (χ3v) is 3.01. The summed E-state index contributed by atoms with van der Waals surface area (Å²) in [6, 6.07) is 8.27. The molecular formula is C14H14FN3S. The van der Waals surface area contributed by atoms with Crippen LogP contribution in [0.3, 0.4) is 0 Å². The van der Waals surface area contributed by atoms with Gasteiger partial charge in [-0.2, -0.15) is 0 Å². The third kappa shape index (κ3) is 3.26. The summed E-state index contributed by atoms with van der Waals surface area (Å²) in [6.07, 6.45) is 3.35. The third-order valence-electron chi connectivity index (χ3n) is 2.79. The molecule has 1 aromatic carbocycles. The molecule has 0 amide bonds. The lowest BCUT2D eigenvalue weighted by Gasteiger charge is -2.21. The Balaban J connectivity index is 2.25. The van der Waals surface area contributed by atoms with E-state index < -0.39 is 0 Å². The summed E-state index contributed by atoms with van der Waals surface area (Å²) in [4.78, 5) is 6.34. The highest BCUT2D eigenvalue weighted by molar-refractivity contribution is 7.80. The van der Waals surface area contributed by atoms with E-state index in [-0.39, 0.29) is 5.82 Å². The molecule has 0 saturated carbocycles. The molecule has 0 spiro atoms. The minimum Gasteiger partial charge on any atom is -0.389 e. The molecule has 0 bridgehead atoms. The molecule has 2 rings (SSSR count). The summed E-state index contributed by atoms with van der Waals surface area (Å²) in [6.45, 7) is 0.555. The molecule has 3 nitrogen and oxygen atoms in total. The van der Waals surface area contributed by atoms with Gasteiger partial charge in [-0.15, -0.1) is 0 Å². The van der Waals surface area contributed by atoms with E-state index in [1.807, 2.05) is 18.0 Å². The minimum absolute atomic E-state index is 0.244. The van der Waals surface area contributed by atoms with E-state index in [0.29, 0.717) is 11.5 Å². The number of pyridine rings is 1. The summed E-state index contributed by atoms with van der Waals surface area (Å²) < 4.78 is 13.2. The zero-order chi connectivity index (χ0) is 13.8. The number of thiocarbonyl (C=S) groups is 1. The number of rotatable bonds is 4. The van der Waals surface area contributed by atoms with Crippen molar-refractivity contribution in [3.8, 4) is 0 Å². The molecule has 0 aliphatic carbocycles. The van der Waals surface area contributed by atoms with Crippen LogP contribution >= 0.6 is 12.2 Å². The second kappa shape index (κ2) is 5.75. The van der Waals surface area contributed by atoms with Gasteiger partial charge >= 0.3 is 0 Å². The molecule has 19 heavy (non-hydrogen) atoms. The van der Waals surface area contributed by atoms with E-state index in [2.05, 4.69) is 4.98 Å². The molecule has 0 aliphatic rings. The Bertz CT molecular complexity index is 601. The maximum atomic E-state index is 13.2. The summed E-state index contributed by atoms with van der Waals surface area (Å²) >= 11 is 5.02. The zero-order valence-corrected chi connectivity index (χ0v) is 11.3. The number of anilines is 1. The van der Waals surface area contributed by atoms with Gasteiger partial charge in [0.15, 0.2) is 0 Å². The highest BCUT2D eigenvalue weighted by Crippen LogP contribution is 2.20. The predicted octanol–water partition coefficient (Wildman–Crippen LogP) is 2.49. The molecule has 2 aromatic rings. The molecule has 1 heterocycles. The maximum absolute atomic E-state index is 13.2. The molecule has 0 aliphatic heterocycles. The first-order chi connectivity index (χ1) is 9.08. The number of aromatic nitrogens is 1. The van der Waals surface area contributed by atoms with Crippen LogP contribution < -0.4 is 10.6 Å². The molecular weight excluding hydrogens is 261 g/mol. The van der Waals surface area contributed by atoms with Crippen LogP contribution in [0.1, 0.15) is 11.1 Å². The van der Waals surface area contributed by atoms with Crippen molar-refractivity contribution in [1.29, 1.82) is 0 Å². The fraction of sp³-hybridized carbons (Fsp3) is 0.143. The Labute approximate surface area is 116 Å². The van der Waals surface area contributed by atoms with Gasteiger partial charge in [0.05, 0.1) is 11.9 Å². The lowest BCUT2D eigenvalue weighted by Crippen LogP contribution is -2.21. The smallest absolute Gasteiger partial charge is 0.123 e. The standard InChI is InChI=1S/C14H14FN3S/c1-18(9-10-3-2-4-11(15)7-10)13-8-17-6-5-12(13)14(16)19/h2-8H,9H2,1H3,(H2,16,19). The summed E-state index contributed by atoms with van der Waals surface area (Å²) in [5, 5.41) is 0. The van der Waals surface area contributed by atoms with Gasteiger partial charge in [0.25, 0.3) is 0 Å². The Morgan fingerprint density at radius 1 is 1.42 bits per heavy atom. The molecule has 0 radical (unpaired) electrons. The number of hydrogen-bond acceptors (Lipinski definition) is 3. The number of nitrogens with two attached hydrogens (primary N) is 1. The normalized spacial score (nSPS) is 10.2. The van der Waals surface area contributed by atoms with Crippen molar-refractivity contribution >= 4 is 22.9 Å². The van der Waals surface area contributed by atoms with Gasteiger partial charge in [-0.3, -0.25) is 4.98 Å². The van der Waals surface area contributed by atoms with Gasteiger partial charge in [0.1, 0.15) is 10.8 Å². The van der Waals surface area contributed by atoms with Crippen molar-refractivity contribution in [2.45, 2.75) is 6.54 Å². The van der Waals surface area contributed by atoms with E-state index in [1.54, 1.807) is 24.5 Å². The van der Waals surface area contributed by atoms with E-state index in [1.165, 1.54) is 12.1 Å². The molecule has 0 atom stereocenters. The van der Waals surface area contributed by atoms with Crippen molar-refractivity contribution in [3.63, 3.8) is 0 Å². The Morgan fingerprint density at radius 3 is 2.89 bits per heavy atom. The van der Waals surface area contributed by atoms with Gasteiger partial charge in [-0.1, -0.05) is 24.4 Å². The lowest BCUT2D eigenvalue weighted by molar-refractivity contribution is 0.625. The van der Waals surface area contributed by atoms with Gasteiger partial charge in [0.2, 0.25) is 0 Å². The van der Waals surface area contributed by atoms with Crippen LogP contribution in [0, 0.1) is 5.82 Å². The number of hydrogen-bond donors (Lipinski definition) is 1.